The number of piperazine rings is 1. The third-order valence-corrected chi connectivity index (χ3v) is 6.52. The lowest BCUT2D eigenvalue weighted by Crippen LogP contribution is -2.45. The first-order valence-electron chi connectivity index (χ1n) is 9.92. The minimum Gasteiger partial charge on any atom is -0.322 e. The molecule has 1 N–H and O–H groups in total. The van der Waals surface area contributed by atoms with Crippen LogP contribution in [0.1, 0.15) is 28.4 Å². The second-order valence-corrected chi connectivity index (χ2v) is 9.63. The average molecular weight is 416 g/mol. The molecule has 0 aromatic heterocycles. The van der Waals surface area contributed by atoms with Crippen LogP contribution >= 0.6 is 0 Å². The van der Waals surface area contributed by atoms with E-state index >= 15 is 0 Å². The molecule has 29 heavy (non-hydrogen) atoms. The van der Waals surface area contributed by atoms with Gasteiger partial charge in [0.05, 0.1) is 4.90 Å². The predicted molar refractivity (Wildman–Crippen MR) is 116 cm³/mol. The first kappa shape index (κ1) is 21.5. The fourth-order valence-electron chi connectivity index (χ4n) is 3.49. The third kappa shape index (κ3) is 5.65. The number of hydrogen-bond donors (Lipinski definition) is 1. The van der Waals surface area contributed by atoms with Gasteiger partial charge in [-0.2, -0.15) is 0 Å². The van der Waals surface area contributed by atoms with Gasteiger partial charge in [0.2, 0.25) is 0 Å². The molecule has 1 amide bonds. The zero-order valence-electron chi connectivity index (χ0n) is 17.3. The quantitative estimate of drug-likeness (QED) is 0.786. The SMILES string of the molecule is CCN1CCN(Cc2ccc(NC(=O)c3cc(S(C)(=O)=O)ccc3C)cc2)CC1. The van der Waals surface area contributed by atoms with E-state index in [1.165, 1.54) is 17.7 Å². The van der Waals surface area contributed by atoms with Crippen molar-refractivity contribution in [3.63, 3.8) is 0 Å². The summed E-state index contributed by atoms with van der Waals surface area (Å²) >= 11 is 0. The fraction of sp³-hybridized carbons (Fsp3) is 0.409. The van der Waals surface area contributed by atoms with Crippen LogP contribution in [0.2, 0.25) is 0 Å². The Morgan fingerprint density at radius 1 is 1.00 bits per heavy atom. The van der Waals surface area contributed by atoms with Crippen molar-refractivity contribution in [2.75, 3.05) is 44.3 Å². The molecule has 2 aromatic carbocycles. The van der Waals surface area contributed by atoms with Gasteiger partial charge in [0.25, 0.3) is 5.91 Å². The van der Waals surface area contributed by atoms with E-state index in [4.69, 9.17) is 0 Å². The van der Waals surface area contributed by atoms with E-state index in [-0.39, 0.29) is 10.8 Å². The van der Waals surface area contributed by atoms with E-state index < -0.39 is 9.84 Å². The van der Waals surface area contributed by atoms with Crippen LogP contribution in [0.15, 0.2) is 47.4 Å². The number of rotatable bonds is 6. The molecule has 3 rings (SSSR count). The molecule has 0 aliphatic carbocycles. The van der Waals surface area contributed by atoms with Gasteiger partial charge in [-0.15, -0.1) is 0 Å². The highest BCUT2D eigenvalue weighted by atomic mass is 32.2. The molecule has 0 atom stereocenters. The summed E-state index contributed by atoms with van der Waals surface area (Å²) in [5, 5.41) is 2.87. The summed E-state index contributed by atoms with van der Waals surface area (Å²) in [6.45, 7) is 10.4. The number of aryl methyl sites for hydroxylation is 1. The van der Waals surface area contributed by atoms with Crippen molar-refractivity contribution >= 4 is 21.4 Å². The fourth-order valence-corrected chi connectivity index (χ4v) is 4.14. The standard InChI is InChI=1S/C22H29N3O3S/c1-4-24-11-13-25(14-12-24)16-18-6-8-19(9-7-18)23-22(26)21-15-20(29(3,27)28)10-5-17(21)2/h5-10,15H,4,11-14,16H2,1-3H3,(H,23,26). The minimum atomic E-state index is -3.36. The summed E-state index contributed by atoms with van der Waals surface area (Å²) in [4.78, 5) is 17.7. The predicted octanol–water partition coefficient (Wildman–Crippen LogP) is 2.79. The molecule has 0 unspecified atom stereocenters. The van der Waals surface area contributed by atoms with Crippen LogP contribution in [0.4, 0.5) is 5.69 Å². The van der Waals surface area contributed by atoms with Crippen molar-refractivity contribution in [1.82, 2.24) is 9.80 Å². The minimum absolute atomic E-state index is 0.145. The largest absolute Gasteiger partial charge is 0.322 e. The van der Waals surface area contributed by atoms with E-state index in [1.54, 1.807) is 13.0 Å². The first-order valence-corrected chi connectivity index (χ1v) is 11.8. The number of benzene rings is 2. The number of nitrogens with one attached hydrogen (secondary N) is 1. The molecule has 6 nitrogen and oxygen atoms in total. The lowest BCUT2D eigenvalue weighted by Gasteiger charge is -2.34. The molecule has 1 aliphatic rings. The normalized spacial score (nSPS) is 16.0. The summed E-state index contributed by atoms with van der Waals surface area (Å²) in [5.74, 6) is -0.309. The van der Waals surface area contributed by atoms with Crippen LogP contribution in [-0.2, 0) is 16.4 Å². The van der Waals surface area contributed by atoms with Crippen LogP contribution in [0.3, 0.4) is 0 Å². The number of hydrogen-bond acceptors (Lipinski definition) is 5. The Labute approximate surface area is 173 Å². The number of carbonyl (C=O) groups excluding carboxylic acids is 1. The van der Waals surface area contributed by atoms with Crippen molar-refractivity contribution in [2.45, 2.75) is 25.3 Å². The first-order chi connectivity index (χ1) is 13.8. The number of sulfone groups is 1. The summed E-state index contributed by atoms with van der Waals surface area (Å²) in [5.41, 5.74) is 3.01. The zero-order chi connectivity index (χ0) is 21.0. The Balaban J connectivity index is 1.63. The van der Waals surface area contributed by atoms with Crippen molar-refractivity contribution in [1.29, 1.82) is 0 Å². The van der Waals surface area contributed by atoms with Crippen LogP contribution in [-0.4, -0.2) is 63.1 Å². The van der Waals surface area contributed by atoms with Gasteiger partial charge in [0.15, 0.2) is 9.84 Å². The third-order valence-electron chi connectivity index (χ3n) is 5.41. The Morgan fingerprint density at radius 3 is 2.21 bits per heavy atom. The maximum absolute atomic E-state index is 12.7. The highest BCUT2D eigenvalue weighted by Gasteiger charge is 2.16. The number of amides is 1. The van der Waals surface area contributed by atoms with E-state index in [9.17, 15) is 13.2 Å². The smallest absolute Gasteiger partial charge is 0.255 e. The van der Waals surface area contributed by atoms with Gasteiger partial charge in [-0.3, -0.25) is 9.69 Å². The van der Waals surface area contributed by atoms with E-state index in [0.29, 0.717) is 11.3 Å². The van der Waals surface area contributed by atoms with Gasteiger partial charge >= 0.3 is 0 Å². The van der Waals surface area contributed by atoms with E-state index in [2.05, 4.69) is 22.0 Å². The molecule has 7 heteroatoms. The summed E-state index contributed by atoms with van der Waals surface area (Å²) in [7, 11) is -3.36. The molecule has 2 aromatic rings. The van der Waals surface area contributed by atoms with Gasteiger partial charge < -0.3 is 10.2 Å². The van der Waals surface area contributed by atoms with E-state index in [0.717, 1.165) is 51.1 Å². The molecule has 0 bridgehead atoms. The van der Waals surface area contributed by atoms with Crippen LogP contribution in [0.25, 0.3) is 0 Å². The average Bonchev–Trinajstić information content (AvgIpc) is 2.69. The van der Waals surface area contributed by atoms with Gasteiger partial charge in [-0.1, -0.05) is 25.1 Å². The Kier molecular flexibility index (Phi) is 6.72. The molecule has 1 fully saturated rings. The molecule has 1 saturated heterocycles. The Bertz CT molecular complexity index is 963. The number of nitrogens with zero attached hydrogens (tertiary/aromatic N) is 2. The maximum atomic E-state index is 12.7. The summed E-state index contributed by atoms with van der Waals surface area (Å²) in [6, 6.07) is 12.5. The summed E-state index contributed by atoms with van der Waals surface area (Å²) < 4.78 is 23.6. The highest BCUT2D eigenvalue weighted by molar-refractivity contribution is 7.90. The number of carbonyl (C=O) groups is 1. The molecule has 156 valence electrons. The van der Waals surface area contributed by atoms with Gasteiger partial charge in [0, 0.05) is 50.2 Å². The van der Waals surface area contributed by atoms with Gasteiger partial charge in [-0.05, 0) is 48.9 Å². The Hall–Kier alpha value is -2.22. The maximum Gasteiger partial charge on any atom is 0.255 e. The second kappa shape index (κ2) is 9.07. The van der Waals surface area contributed by atoms with E-state index in [1.807, 2.05) is 24.3 Å². The number of anilines is 1. The topological polar surface area (TPSA) is 69.7 Å². The molecule has 0 radical (unpaired) electrons. The van der Waals surface area contributed by atoms with Crippen LogP contribution in [0, 0.1) is 6.92 Å². The second-order valence-electron chi connectivity index (χ2n) is 7.61. The van der Waals surface area contributed by atoms with Crippen molar-refractivity contribution in [2.24, 2.45) is 0 Å². The summed E-state index contributed by atoms with van der Waals surface area (Å²) in [6.07, 6.45) is 1.14. The molecular weight excluding hydrogens is 386 g/mol. The lowest BCUT2D eigenvalue weighted by molar-refractivity contribution is 0.102. The molecule has 0 saturated carbocycles. The van der Waals surface area contributed by atoms with Gasteiger partial charge in [0.1, 0.15) is 0 Å². The van der Waals surface area contributed by atoms with Crippen molar-refractivity contribution in [3.8, 4) is 0 Å². The zero-order valence-corrected chi connectivity index (χ0v) is 18.1. The van der Waals surface area contributed by atoms with Crippen LogP contribution in [0.5, 0.6) is 0 Å². The number of likely N-dealkylation sites (N-methyl/N-ethyl adjacent to an activating group) is 1. The van der Waals surface area contributed by atoms with Crippen molar-refractivity contribution < 1.29 is 13.2 Å². The van der Waals surface area contributed by atoms with Crippen molar-refractivity contribution in [3.05, 3.63) is 59.2 Å². The monoisotopic (exact) mass is 415 g/mol. The lowest BCUT2D eigenvalue weighted by atomic mass is 10.1. The van der Waals surface area contributed by atoms with Crippen LogP contribution < -0.4 is 5.32 Å². The molecular formula is C22H29N3O3S. The molecule has 1 heterocycles. The molecule has 0 spiro atoms. The molecule has 1 aliphatic heterocycles. The Morgan fingerprint density at radius 2 is 1.62 bits per heavy atom. The highest BCUT2D eigenvalue weighted by Crippen LogP contribution is 2.18. The van der Waals surface area contributed by atoms with Gasteiger partial charge in [-0.25, -0.2) is 8.42 Å².